The second kappa shape index (κ2) is 13.2. The van der Waals surface area contributed by atoms with E-state index in [2.05, 4.69) is 5.32 Å². The maximum Gasteiger partial charge on any atom is 0.308 e. The van der Waals surface area contributed by atoms with Gasteiger partial charge in [-0.25, -0.2) is 0 Å². The van der Waals surface area contributed by atoms with Crippen molar-refractivity contribution in [3.05, 3.63) is 88.0 Å². The van der Waals surface area contributed by atoms with E-state index in [0.717, 1.165) is 10.8 Å². The Balaban J connectivity index is 1.46. The Labute approximate surface area is 286 Å². The molecule has 2 aliphatic heterocycles. The van der Waals surface area contributed by atoms with Gasteiger partial charge >= 0.3 is 5.97 Å². The number of hydrogen-bond acceptors (Lipinski definition) is 12. The number of fused-ring (bicyclic) bond motifs is 3. The summed E-state index contributed by atoms with van der Waals surface area (Å²) in [6.07, 6.45) is -6.00. The number of esters is 1. The summed E-state index contributed by atoms with van der Waals surface area (Å²) in [7, 11) is 0. The quantitative estimate of drug-likeness (QED) is 0.113. The lowest BCUT2D eigenvalue weighted by molar-refractivity contribution is -0.268. The number of piperidine rings is 1. The van der Waals surface area contributed by atoms with E-state index >= 15 is 0 Å². The first-order chi connectivity index (χ1) is 24.0. The van der Waals surface area contributed by atoms with Crippen molar-refractivity contribution in [3.63, 3.8) is 0 Å². The standard InChI is InChI=1S/C38H37NO11/c1-17-32(42)36(46)37(47)38(48-17)50-26-15-24-30(34(44)28(26)20-9-11-39-12-10-20)35(45)29-23(16-40)14-25(49-18(2)41)27(31(29)33(24)43)22-8-7-19-5-3-4-6-21(19)13-22/h3-8,13-15,17,20,32,36-40,42,44,46-47H,9-12,16H2,1-2H3. The maximum atomic E-state index is 14.8. The van der Waals surface area contributed by atoms with Crippen LogP contribution in [0.5, 0.6) is 17.2 Å². The molecule has 0 saturated carbocycles. The third-order valence-electron chi connectivity index (χ3n) is 9.86. The first-order valence-electron chi connectivity index (χ1n) is 16.5. The Morgan fingerprint density at radius 2 is 1.58 bits per heavy atom. The summed E-state index contributed by atoms with van der Waals surface area (Å²) >= 11 is 0. The lowest BCUT2D eigenvalue weighted by Crippen LogP contribution is -2.58. The number of hydrogen-bond donors (Lipinski definition) is 6. The van der Waals surface area contributed by atoms with Crippen molar-refractivity contribution in [1.82, 2.24) is 5.32 Å². The Kier molecular flexibility index (Phi) is 8.93. The highest BCUT2D eigenvalue weighted by Crippen LogP contribution is 2.49. The van der Waals surface area contributed by atoms with Gasteiger partial charge < -0.3 is 45.1 Å². The molecule has 0 aromatic heterocycles. The van der Waals surface area contributed by atoms with E-state index in [1.807, 2.05) is 30.3 Å². The molecule has 1 aliphatic carbocycles. The number of carbonyl (C=O) groups excluding carboxylic acids is 3. The minimum absolute atomic E-state index is 0.0348. The number of ether oxygens (including phenoxy) is 3. The number of phenols is 1. The Bertz CT molecular complexity index is 2040. The van der Waals surface area contributed by atoms with E-state index in [1.165, 1.54) is 26.0 Å². The Morgan fingerprint density at radius 3 is 2.28 bits per heavy atom. The van der Waals surface area contributed by atoms with Gasteiger partial charge in [-0.3, -0.25) is 14.4 Å². The number of rotatable bonds is 6. The average Bonchev–Trinajstić information content (AvgIpc) is 3.11. The lowest BCUT2D eigenvalue weighted by Gasteiger charge is -2.39. The number of benzene rings is 4. The molecule has 2 heterocycles. The predicted molar refractivity (Wildman–Crippen MR) is 179 cm³/mol. The number of phenolic OH excluding ortho intramolecular Hbond substituents is 1. The van der Waals surface area contributed by atoms with Crippen LogP contribution >= 0.6 is 0 Å². The van der Waals surface area contributed by atoms with Gasteiger partial charge in [-0.15, -0.1) is 0 Å². The van der Waals surface area contributed by atoms with Crippen LogP contribution < -0.4 is 14.8 Å². The van der Waals surface area contributed by atoms with Crippen LogP contribution in [0.3, 0.4) is 0 Å². The summed E-state index contributed by atoms with van der Waals surface area (Å²) < 4.78 is 17.5. The van der Waals surface area contributed by atoms with Gasteiger partial charge in [0.2, 0.25) is 6.29 Å². The molecule has 260 valence electrons. The molecule has 4 aromatic carbocycles. The summed E-state index contributed by atoms with van der Waals surface area (Å²) in [6, 6.07) is 15.6. The van der Waals surface area contributed by atoms with Crippen molar-refractivity contribution in [2.24, 2.45) is 0 Å². The molecule has 50 heavy (non-hydrogen) atoms. The van der Waals surface area contributed by atoms with Gasteiger partial charge in [0, 0.05) is 34.7 Å². The summed E-state index contributed by atoms with van der Waals surface area (Å²) in [5.41, 5.74) is 0.169. The minimum Gasteiger partial charge on any atom is -0.507 e. The maximum absolute atomic E-state index is 14.8. The minimum atomic E-state index is -1.68. The average molecular weight is 684 g/mol. The van der Waals surface area contributed by atoms with Crippen molar-refractivity contribution in [3.8, 4) is 28.4 Å². The molecule has 12 heteroatoms. The zero-order valence-electron chi connectivity index (χ0n) is 27.4. The molecule has 5 atom stereocenters. The second-order valence-electron chi connectivity index (χ2n) is 13.0. The molecule has 5 unspecified atom stereocenters. The van der Waals surface area contributed by atoms with E-state index in [9.17, 15) is 39.9 Å². The highest BCUT2D eigenvalue weighted by molar-refractivity contribution is 6.32. The summed E-state index contributed by atoms with van der Waals surface area (Å²) in [6.45, 7) is 3.23. The van der Waals surface area contributed by atoms with Crippen LogP contribution in [0.15, 0.2) is 54.6 Å². The third kappa shape index (κ3) is 5.63. The van der Waals surface area contributed by atoms with Crippen LogP contribution in [0.25, 0.3) is 21.9 Å². The number of aromatic hydroxyl groups is 1. The fraction of sp³-hybridized carbons (Fsp3) is 0.342. The van der Waals surface area contributed by atoms with E-state index in [1.54, 1.807) is 12.1 Å². The SMILES string of the molecule is CC(=O)Oc1cc(CO)c2c(c1-c1ccc3ccccc3c1)C(=O)c1cc(OC3OC(C)C(O)C(O)C3O)c(C3CCNCC3)c(O)c1C2=O. The van der Waals surface area contributed by atoms with Gasteiger partial charge in [-0.05, 0) is 78.9 Å². The smallest absolute Gasteiger partial charge is 0.308 e. The highest BCUT2D eigenvalue weighted by atomic mass is 16.7. The molecular formula is C38H37NO11. The van der Waals surface area contributed by atoms with Gasteiger partial charge in [0.05, 0.1) is 18.3 Å². The summed E-state index contributed by atoms with van der Waals surface area (Å²) in [4.78, 5) is 41.7. The third-order valence-corrected chi connectivity index (χ3v) is 9.86. The normalized spacial score (nSPS) is 23.8. The van der Waals surface area contributed by atoms with Crippen LogP contribution in [0.4, 0.5) is 0 Å². The first kappa shape index (κ1) is 33.8. The number of carbonyl (C=O) groups is 3. The van der Waals surface area contributed by atoms with Gasteiger partial charge in [0.1, 0.15) is 35.6 Å². The van der Waals surface area contributed by atoms with Crippen LogP contribution in [0.2, 0.25) is 0 Å². The van der Waals surface area contributed by atoms with Crippen molar-refractivity contribution < 1.29 is 54.1 Å². The summed E-state index contributed by atoms with van der Waals surface area (Å²) in [5, 5.41) is 59.0. The van der Waals surface area contributed by atoms with E-state index < -0.39 is 60.6 Å². The molecule has 2 fully saturated rings. The summed E-state index contributed by atoms with van der Waals surface area (Å²) in [5.74, 6) is -2.98. The predicted octanol–water partition coefficient (Wildman–Crippen LogP) is 3.08. The topological polar surface area (TPSA) is 192 Å². The molecule has 6 N–H and O–H groups in total. The molecule has 2 saturated heterocycles. The molecule has 0 amide bonds. The van der Waals surface area contributed by atoms with Crippen molar-refractivity contribution in [2.45, 2.75) is 69.9 Å². The Morgan fingerprint density at radius 1 is 0.860 bits per heavy atom. The number of nitrogens with one attached hydrogen (secondary N) is 1. The van der Waals surface area contributed by atoms with Crippen LogP contribution in [0.1, 0.15) is 75.6 Å². The van der Waals surface area contributed by atoms with Crippen molar-refractivity contribution in [2.75, 3.05) is 13.1 Å². The molecule has 0 bridgehead atoms. The molecule has 0 radical (unpaired) electrons. The molecular weight excluding hydrogens is 646 g/mol. The zero-order valence-corrected chi connectivity index (χ0v) is 27.4. The van der Waals surface area contributed by atoms with Gasteiger partial charge in [0.15, 0.2) is 11.6 Å². The van der Waals surface area contributed by atoms with Crippen LogP contribution in [-0.2, 0) is 16.1 Å². The molecule has 7 rings (SSSR count). The van der Waals surface area contributed by atoms with E-state index in [0.29, 0.717) is 31.5 Å². The monoisotopic (exact) mass is 683 g/mol. The molecule has 3 aliphatic rings. The van der Waals surface area contributed by atoms with Gasteiger partial charge in [-0.1, -0.05) is 36.4 Å². The van der Waals surface area contributed by atoms with Crippen LogP contribution in [0, 0.1) is 0 Å². The van der Waals surface area contributed by atoms with Crippen molar-refractivity contribution >= 4 is 28.3 Å². The second-order valence-corrected chi connectivity index (χ2v) is 13.0. The molecule has 0 spiro atoms. The Hall–Kier alpha value is -4.69. The largest absolute Gasteiger partial charge is 0.507 e. The fourth-order valence-corrected chi connectivity index (χ4v) is 7.36. The highest BCUT2D eigenvalue weighted by Gasteiger charge is 2.45. The van der Waals surface area contributed by atoms with Gasteiger partial charge in [-0.2, -0.15) is 0 Å². The number of aliphatic hydroxyl groups is 4. The number of aliphatic hydroxyl groups excluding tert-OH is 4. The molecule has 12 nitrogen and oxygen atoms in total. The van der Waals surface area contributed by atoms with E-state index in [-0.39, 0.29) is 56.4 Å². The molecule has 4 aromatic rings. The zero-order chi connectivity index (χ0) is 35.4. The van der Waals surface area contributed by atoms with Crippen molar-refractivity contribution in [1.29, 1.82) is 0 Å². The lowest BCUT2D eigenvalue weighted by atomic mass is 9.75. The van der Waals surface area contributed by atoms with E-state index in [4.69, 9.17) is 14.2 Å². The number of ketones is 2. The van der Waals surface area contributed by atoms with Gasteiger partial charge in [0.25, 0.3) is 0 Å². The first-order valence-corrected chi connectivity index (χ1v) is 16.5. The van der Waals surface area contributed by atoms with Crippen LogP contribution in [-0.4, -0.2) is 86.9 Å². The fourth-order valence-electron chi connectivity index (χ4n) is 7.36.